The molecule has 8 heteroatoms. The third kappa shape index (κ3) is 5.20. The summed E-state index contributed by atoms with van der Waals surface area (Å²) in [6.45, 7) is 5.75. The molecule has 3 fully saturated rings. The number of nitrogens with one attached hydrogen (secondary N) is 1. The van der Waals surface area contributed by atoms with Crippen LogP contribution in [0.5, 0.6) is 0 Å². The second-order valence-corrected chi connectivity index (χ2v) is 12.5. The van der Waals surface area contributed by atoms with Gasteiger partial charge in [-0.15, -0.1) is 0 Å². The number of hydrogen-bond donors (Lipinski definition) is 1. The summed E-state index contributed by atoms with van der Waals surface area (Å²) in [7, 11) is 0. The normalized spacial score (nSPS) is 21.4. The van der Waals surface area contributed by atoms with E-state index in [1.54, 1.807) is 12.1 Å². The number of benzene rings is 2. The lowest BCUT2D eigenvalue weighted by Crippen LogP contribution is -2.48. The number of aryl methyl sites for hydroxylation is 1. The highest BCUT2D eigenvalue weighted by molar-refractivity contribution is 6.33. The third-order valence-electron chi connectivity index (χ3n) is 9.42. The van der Waals surface area contributed by atoms with Gasteiger partial charge in [0, 0.05) is 44.3 Å². The van der Waals surface area contributed by atoms with Gasteiger partial charge in [0.05, 0.1) is 16.6 Å². The van der Waals surface area contributed by atoms with E-state index in [0.717, 1.165) is 83.1 Å². The average molecular weight is 563 g/mol. The maximum absolute atomic E-state index is 13.7. The molecule has 1 N–H and O–H groups in total. The zero-order valence-corrected chi connectivity index (χ0v) is 24.1. The van der Waals surface area contributed by atoms with Crippen LogP contribution in [0.4, 0.5) is 4.79 Å². The molecule has 2 saturated heterocycles. The highest BCUT2D eigenvalue weighted by Gasteiger charge is 2.44. The Morgan fingerprint density at radius 1 is 1.00 bits per heavy atom. The van der Waals surface area contributed by atoms with Gasteiger partial charge in [-0.1, -0.05) is 36.7 Å². The van der Waals surface area contributed by atoms with Gasteiger partial charge in [-0.2, -0.15) is 0 Å². The van der Waals surface area contributed by atoms with E-state index in [2.05, 4.69) is 24.4 Å². The van der Waals surface area contributed by atoms with E-state index in [1.165, 1.54) is 5.56 Å². The van der Waals surface area contributed by atoms with Crippen LogP contribution in [0, 0.1) is 5.41 Å². The second kappa shape index (κ2) is 11.1. The van der Waals surface area contributed by atoms with Crippen LogP contribution in [-0.2, 0) is 6.42 Å². The van der Waals surface area contributed by atoms with Crippen molar-refractivity contribution in [2.24, 2.45) is 5.41 Å². The van der Waals surface area contributed by atoms with E-state index >= 15 is 0 Å². The van der Waals surface area contributed by atoms with Crippen LogP contribution >= 0.6 is 11.6 Å². The van der Waals surface area contributed by atoms with E-state index in [1.807, 2.05) is 32.9 Å². The molecule has 0 radical (unpaired) electrons. The van der Waals surface area contributed by atoms with Crippen molar-refractivity contribution in [3.05, 3.63) is 69.7 Å². The number of urea groups is 1. The lowest BCUT2D eigenvalue weighted by molar-refractivity contribution is 0.0658. The van der Waals surface area contributed by atoms with Crippen LogP contribution < -0.4 is 5.32 Å². The maximum atomic E-state index is 13.7. The smallest absolute Gasteiger partial charge is 0.317 e. The molecule has 1 unspecified atom stereocenters. The van der Waals surface area contributed by atoms with Crippen molar-refractivity contribution in [3.8, 4) is 0 Å². The molecule has 2 heterocycles. The molecule has 212 valence electrons. The Labute approximate surface area is 241 Å². The van der Waals surface area contributed by atoms with Crippen molar-refractivity contribution in [3.63, 3.8) is 0 Å². The summed E-state index contributed by atoms with van der Waals surface area (Å²) in [4.78, 5) is 45.8. The Hall–Kier alpha value is -3.06. The Kier molecular flexibility index (Phi) is 7.51. The molecule has 2 aromatic rings. The molecule has 1 spiro atoms. The minimum Gasteiger partial charge on any atom is -0.338 e. The fourth-order valence-electron chi connectivity index (χ4n) is 6.92. The van der Waals surface area contributed by atoms with Crippen LogP contribution in [0.25, 0.3) is 0 Å². The molecule has 7 nitrogen and oxygen atoms in total. The van der Waals surface area contributed by atoms with Gasteiger partial charge in [0.1, 0.15) is 0 Å². The van der Waals surface area contributed by atoms with Gasteiger partial charge in [-0.3, -0.25) is 9.59 Å². The minimum atomic E-state index is -0.0351. The summed E-state index contributed by atoms with van der Waals surface area (Å²) >= 11 is 6.42. The number of likely N-dealkylation sites (tertiary alicyclic amines) is 2. The molecule has 1 saturated carbocycles. The van der Waals surface area contributed by atoms with Crippen molar-refractivity contribution < 1.29 is 14.4 Å². The van der Waals surface area contributed by atoms with Crippen LogP contribution in [0.3, 0.4) is 0 Å². The Morgan fingerprint density at radius 2 is 1.73 bits per heavy atom. The molecular weight excluding hydrogens is 524 g/mol. The zero-order valence-electron chi connectivity index (χ0n) is 23.3. The summed E-state index contributed by atoms with van der Waals surface area (Å²) in [5.74, 6) is 0.0581. The number of amides is 4. The van der Waals surface area contributed by atoms with Crippen LogP contribution in [0.1, 0.15) is 89.8 Å². The molecule has 0 aromatic heterocycles. The number of halogens is 1. The highest BCUT2D eigenvalue weighted by atomic mass is 35.5. The van der Waals surface area contributed by atoms with Crippen LogP contribution in [0.2, 0.25) is 5.02 Å². The van der Waals surface area contributed by atoms with Crippen molar-refractivity contribution in [1.29, 1.82) is 0 Å². The first-order valence-corrected chi connectivity index (χ1v) is 15.3. The van der Waals surface area contributed by atoms with E-state index in [9.17, 15) is 14.4 Å². The predicted octanol–water partition coefficient (Wildman–Crippen LogP) is 5.68. The minimum absolute atomic E-state index is 0.0149. The number of carbonyl (C=O) groups excluding carboxylic acids is 3. The summed E-state index contributed by atoms with van der Waals surface area (Å²) in [6, 6.07) is 13.6. The van der Waals surface area contributed by atoms with Crippen molar-refractivity contribution in [2.75, 3.05) is 32.7 Å². The number of rotatable bonds is 6. The molecule has 2 aromatic carbocycles. The SMILES string of the molecule is CCCNC(=O)N1CCC2(CC1)CCN(C(=O)c1ccc3c(c1)C(N(C(=O)c1ccccc1Cl)C1CC1)CC3)C2. The lowest BCUT2D eigenvalue weighted by atomic mass is 9.78. The molecule has 4 aliphatic rings. The van der Waals surface area contributed by atoms with Crippen LogP contribution in [-0.4, -0.2) is 71.3 Å². The van der Waals surface area contributed by atoms with E-state index in [4.69, 9.17) is 11.6 Å². The van der Waals surface area contributed by atoms with Gasteiger partial charge in [0.2, 0.25) is 0 Å². The molecule has 2 aliphatic heterocycles. The van der Waals surface area contributed by atoms with E-state index in [-0.39, 0.29) is 35.3 Å². The highest BCUT2D eigenvalue weighted by Crippen LogP contribution is 2.44. The fraction of sp³-hybridized carbons (Fsp3) is 0.531. The Morgan fingerprint density at radius 3 is 2.42 bits per heavy atom. The van der Waals surface area contributed by atoms with Gasteiger partial charge in [0.15, 0.2) is 0 Å². The van der Waals surface area contributed by atoms with Gasteiger partial charge in [-0.05, 0) is 92.2 Å². The summed E-state index contributed by atoms with van der Waals surface area (Å²) in [6.07, 6.45) is 7.57. The summed E-state index contributed by atoms with van der Waals surface area (Å²) < 4.78 is 0. The number of hydrogen-bond acceptors (Lipinski definition) is 3. The van der Waals surface area contributed by atoms with Gasteiger partial charge in [0.25, 0.3) is 11.8 Å². The molecule has 6 rings (SSSR count). The largest absolute Gasteiger partial charge is 0.338 e. The topological polar surface area (TPSA) is 73.0 Å². The monoisotopic (exact) mass is 562 g/mol. The van der Waals surface area contributed by atoms with Crippen molar-refractivity contribution in [1.82, 2.24) is 20.0 Å². The molecule has 4 amide bonds. The maximum Gasteiger partial charge on any atom is 0.317 e. The van der Waals surface area contributed by atoms with Crippen molar-refractivity contribution in [2.45, 2.75) is 70.4 Å². The van der Waals surface area contributed by atoms with E-state index in [0.29, 0.717) is 22.7 Å². The zero-order chi connectivity index (χ0) is 27.9. The number of fused-ring (bicyclic) bond motifs is 1. The first kappa shape index (κ1) is 27.1. The molecule has 2 aliphatic carbocycles. The number of carbonyl (C=O) groups is 3. The van der Waals surface area contributed by atoms with Gasteiger partial charge in [-0.25, -0.2) is 4.79 Å². The summed E-state index contributed by atoms with van der Waals surface area (Å²) in [5.41, 5.74) is 3.69. The molecule has 1 atom stereocenters. The van der Waals surface area contributed by atoms with Gasteiger partial charge < -0.3 is 20.0 Å². The summed E-state index contributed by atoms with van der Waals surface area (Å²) in [5, 5.41) is 3.46. The molecule has 40 heavy (non-hydrogen) atoms. The first-order chi connectivity index (χ1) is 19.4. The Balaban J connectivity index is 1.15. The first-order valence-electron chi connectivity index (χ1n) is 14.9. The van der Waals surface area contributed by atoms with Crippen molar-refractivity contribution >= 4 is 29.4 Å². The average Bonchev–Trinajstić information content (AvgIpc) is 3.60. The number of piperidine rings is 1. The van der Waals surface area contributed by atoms with E-state index < -0.39 is 0 Å². The standard InChI is InChI=1S/C32H39ClN4O3/c1-2-16-34-31(40)35-17-13-32(14-18-35)15-19-36(21-32)29(38)23-8-7-22-9-12-28(26(22)20-23)37(24-10-11-24)30(39)25-5-3-4-6-27(25)33/h3-8,20,24,28H,2,9-19,21H2,1H3,(H,34,40). The number of nitrogens with zero attached hydrogens (tertiary/aromatic N) is 3. The van der Waals surface area contributed by atoms with Gasteiger partial charge >= 0.3 is 6.03 Å². The third-order valence-corrected chi connectivity index (χ3v) is 9.75. The quantitative estimate of drug-likeness (QED) is 0.492. The Bertz CT molecular complexity index is 1300. The lowest BCUT2D eigenvalue weighted by Gasteiger charge is -2.39. The second-order valence-electron chi connectivity index (χ2n) is 12.1. The molecular formula is C32H39ClN4O3. The predicted molar refractivity (Wildman–Crippen MR) is 156 cm³/mol. The fourth-order valence-corrected chi connectivity index (χ4v) is 7.13. The van der Waals surface area contributed by atoms with Crippen LogP contribution in [0.15, 0.2) is 42.5 Å². The molecule has 0 bridgehead atoms.